The fraction of sp³-hybridized carbons (Fsp3) is 0.625. The molecular formula is C16H27NO3. The Hall–Kier alpha value is -1.26. The van der Waals surface area contributed by atoms with Crippen molar-refractivity contribution in [3.63, 3.8) is 0 Å². The molecule has 0 radical (unpaired) electrons. The van der Waals surface area contributed by atoms with Gasteiger partial charge in [0, 0.05) is 13.2 Å². The maximum atomic E-state index is 5.68. The van der Waals surface area contributed by atoms with E-state index in [0.29, 0.717) is 12.7 Å². The summed E-state index contributed by atoms with van der Waals surface area (Å²) in [6.07, 6.45) is 2.55. The maximum Gasteiger partial charge on any atom is 0.161 e. The molecule has 0 heterocycles. The molecule has 0 spiro atoms. The predicted octanol–water partition coefficient (Wildman–Crippen LogP) is 2.87. The summed E-state index contributed by atoms with van der Waals surface area (Å²) in [5.41, 5.74) is 0. The first kappa shape index (κ1) is 16.8. The molecule has 0 aliphatic heterocycles. The first-order valence-electron chi connectivity index (χ1n) is 7.32. The van der Waals surface area contributed by atoms with Crippen LogP contribution in [0.2, 0.25) is 0 Å². The quantitative estimate of drug-likeness (QED) is 0.633. The fourth-order valence-corrected chi connectivity index (χ4v) is 1.77. The predicted molar refractivity (Wildman–Crippen MR) is 81.7 cm³/mol. The van der Waals surface area contributed by atoms with Gasteiger partial charge in [-0.05, 0) is 45.4 Å². The average Bonchev–Trinajstić information content (AvgIpc) is 2.45. The summed E-state index contributed by atoms with van der Waals surface area (Å²) in [5.74, 6) is 1.57. The van der Waals surface area contributed by atoms with E-state index < -0.39 is 0 Å². The number of rotatable bonds is 11. The zero-order valence-corrected chi connectivity index (χ0v) is 12.9. The molecule has 1 N–H and O–H groups in total. The molecule has 0 atom stereocenters. The number of benzene rings is 1. The van der Waals surface area contributed by atoms with Gasteiger partial charge in [0.25, 0.3) is 0 Å². The third-order valence-electron chi connectivity index (χ3n) is 2.80. The Balaban J connectivity index is 1.99. The second kappa shape index (κ2) is 10.5. The van der Waals surface area contributed by atoms with Gasteiger partial charge in [0.15, 0.2) is 11.5 Å². The molecule has 0 aliphatic rings. The lowest BCUT2D eigenvalue weighted by atomic mass is 10.3. The summed E-state index contributed by atoms with van der Waals surface area (Å²) in [4.78, 5) is 0. The molecule has 0 amide bonds. The zero-order chi connectivity index (χ0) is 14.6. The molecule has 1 rings (SSSR count). The van der Waals surface area contributed by atoms with Gasteiger partial charge in [0.2, 0.25) is 0 Å². The van der Waals surface area contributed by atoms with Gasteiger partial charge in [-0.25, -0.2) is 0 Å². The first-order chi connectivity index (χ1) is 9.74. The van der Waals surface area contributed by atoms with Crippen molar-refractivity contribution in [2.24, 2.45) is 0 Å². The smallest absolute Gasteiger partial charge is 0.161 e. The van der Waals surface area contributed by atoms with Crippen LogP contribution in [0.3, 0.4) is 0 Å². The van der Waals surface area contributed by atoms with E-state index in [1.54, 1.807) is 7.11 Å². The van der Waals surface area contributed by atoms with Crippen LogP contribution in [0.5, 0.6) is 11.5 Å². The van der Waals surface area contributed by atoms with E-state index in [1.165, 1.54) is 0 Å². The van der Waals surface area contributed by atoms with E-state index in [1.807, 2.05) is 24.3 Å². The van der Waals surface area contributed by atoms with Crippen LogP contribution in [0.15, 0.2) is 24.3 Å². The number of methoxy groups -OCH3 is 1. The van der Waals surface area contributed by atoms with E-state index in [-0.39, 0.29) is 0 Å². The van der Waals surface area contributed by atoms with Gasteiger partial charge in [-0.15, -0.1) is 0 Å². The lowest BCUT2D eigenvalue weighted by molar-refractivity contribution is 0.0760. The first-order valence-corrected chi connectivity index (χ1v) is 7.32. The SMILES string of the molecule is COc1ccccc1OCCNCCCCOC(C)C. The van der Waals surface area contributed by atoms with Gasteiger partial charge in [-0.3, -0.25) is 0 Å². The second-order valence-electron chi connectivity index (χ2n) is 4.88. The molecule has 4 heteroatoms. The van der Waals surface area contributed by atoms with Crippen molar-refractivity contribution in [2.75, 3.05) is 33.4 Å². The van der Waals surface area contributed by atoms with E-state index >= 15 is 0 Å². The number of nitrogens with one attached hydrogen (secondary N) is 1. The Kier molecular flexibility index (Phi) is 8.83. The summed E-state index contributed by atoms with van der Waals surface area (Å²) >= 11 is 0. The highest BCUT2D eigenvalue weighted by atomic mass is 16.5. The van der Waals surface area contributed by atoms with Crippen LogP contribution < -0.4 is 14.8 Å². The van der Waals surface area contributed by atoms with E-state index in [9.17, 15) is 0 Å². The highest BCUT2D eigenvalue weighted by Gasteiger charge is 2.01. The van der Waals surface area contributed by atoms with Crippen molar-refractivity contribution in [2.45, 2.75) is 32.8 Å². The van der Waals surface area contributed by atoms with Crippen LogP contribution in [-0.2, 0) is 4.74 Å². The van der Waals surface area contributed by atoms with Crippen molar-refractivity contribution in [1.29, 1.82) is 0 Å². The molecule has 0 saturated carbocycles. The lowest BCUT2D eigenvalue weighted by Crippen LogP contribution is -2.22. The zero-order valence-electron chi connectivity index (χ0n) is 12.9. The third-order valence-corrected chi connectivity index (χ3v) is 2.80. The molecule has 20 heavy (non-hydrogen) atoms. The summed E-state index contributed by atoms with van der Waals surface area (Å²) in [6, 6.07) is 7.70. The Morgan fingerprint density at radius 2 is 1.75 bits per heavy atom. The molecule has 114 valence electrons. The highest BCUT2D eigenvalue weighted by molar-refractivity contribution is 5.39. The number of ether oxygens (including phenoxy) is 3. The van der Waals surface area contributed by atoms with Gasteiger partial charge >= 0.3 is 0 Å². The maximum absolute atomic E-state index is 5.68. The normalized spacial score (nSPS) is 10.8. The Labute approximate surface area is 122 Å². The minimum absolute atomic E-state index is 0.331. The monoisotopic (exact) mass is 281 g/mol. The van der Waals surface area contributed by atoms with Crippen molar-refractivity contribution in [1.82, 2.24) is 5.32 Å². The van der Waals surface area contributed by atoms with Gasteiger partial charge in [0.1, 0.15) is 6.61 Å². The minimum atomic E-state index is 0.331. The van der Waals surface area contributed by atoms with E-state index in [4.69, 9.17) is 14.2 Å². The number of unbranched alkanes of at least 4 members (excludes halogenated alkanes) is 1. The molecule has 0 bridgehead atoms. The third kappa shape index (κ3) is 7.36. The molecule has 0 aromatic heterocycles. The van der Waals surface area contributed by atoms with E-state index in [0.717, 1.165) is 44.0 Å². The van der Waals surface area contributed by atoms with Crippen LogP contribution in [0, 0.1) is 0 Å². The molecule has 4 nitrogen and oxygen atoms in total. The number of hydrogen-bond acceptors (Lipinski definition) is 4. The van der Waals surface area contributed by atoms with Gasteiger partial charge in [-0.2, -0.15) is 0 Å². The van der Waals surface area contributed by atoms with Crippen molar-refractivity contribution in [3.05, 3.63) is 24.3 Å². The molecule has 0 fully saturated rings. The van der Waals surface area contributed by atoms with Gasteiger partial charge < -0.3 is 19.5 Å². The van der Waals surface area contributed by atoms with Gasteiger partial charge in [0.05, 0.1) is 13.2 Å². The summed E-state index contributed by atoms with van der Waals surface area (Å²) in [6.45, 7) is 7.45. The number of hydrogen-bond donors (Lipinski definition) is 1. The largest absolute Gasteiger partial charge is 0.493 e. The molecule has 0 saturated heterocycles. The Morgan fingerprint density at radius 1 is 1.00 bits per heavy atom. The van der Waals surface area contributed by atoms with Crippen LogP contribution in [0.4, 0.5) is 0 Å². The molecule has 0 aliphatic carbocycles. The standard InChI is InChI=1S/C16H27NO3/c1-14(2)19-12-7-6-10-17-11-13-20-16-9-5-4-8-15(16)18-3/h4-5,8-9,14,17H,6-7,10-13H2,1-3H3. The van der Waals surface area contributed by atoms with Crippen molar-refractivity contribution in [3.8, 4) is 11.5 Å². The van der Waals surface area contributed by atoms with Crippen LogP contribution in [0.25, 0.3) is 0 Å². The van der Waals surface area contributed by atoms with Crippen LogP contribution >= 0.6 is 0 Å². The molecule has 0 unspecified atom stereocenters. The van der Waals surface area contributed by atoms with Crippen LogP contribution in [0.1, 0.15) is 26.7 Å². The van der Waals surface area contributed by atoms with Crippen molar-refractivity contribution >= 4 is 0 Å². The lowest BCUT2D eigenvalue weighted by Gasteiger charge is -2.11. The van der Waals surface area contributed by atoms with Gasteiger partial charge in [-0.1, -0.05) is 12.1 Å². The Morgan fingerprint density at radius 3 is 2.45 bits per heavy atom. The summed E-state index contributed by atoms with van der Waals surface area (Å²) < 4.78 is 16.4. The summed E-state index contributed by atoms with van der Waals surface area (Å²) in [5, 5.41) is 3.36. The average molecular weight is 281 g/mol. The minimum Gasteiger partial charge on any atom is -0.493 e. The van der Waals surface area contributed by atoms with Crippen LogP contribution in [-0.4, -0.2) is 39.5 Å². The fourth-order valence-electron chi connectivity index (χ4n) is 1.77. The topological polar surface area (TPSA) is 39.7 Å². The molecule has 1 aromatic carbocycles. The number of para-hydroxylation sites is 2. The Bertz CT molecular complexity index is 355. The highest BCUT2D eigenvalue weighted by Crippen LogP contribution is 2.25. The van der Waals surface area contributed by atoms with E-state index in [2.05, 4.69) is 19.2 Å². The molecule has 1 aromatic rings. The molecular weight excluding hydrogens is 254 g/mol. The van der Waals surface area contributed by atoms with Crippen molar-refractivity contribution < 1.29 is 14.2 Å². The second-order valence-corrected chi connectivity index (χ2v) is 4.88. The summed E-state index contributed by atoms with van der Waals surface area (Å²) in [7, 11) is 1.65.